The summed E-state index contributed by atoms with van der Waals surface area (Å²) in [6.45, 7) is 1.65. The van der Waals surface area contributed by atoms with Gasteiger partial charge in [0.05, 0.1) is 17.7 Å². The number of aliphatic imine (C=N–C) groups is 1. The summed E-state index contributed by atoms with van der Waals surface area (Å²) in [4.78, 5) is 38.7. The highest BCUT2D eigenvalue weighted by atomic mass is 32.2. The number of benzene rings is 1. The average Bonchev–Trinajstić information content (AvgIpc) is 2.59. The van der Waals surface area contributed by atoms with E-state index in [1.54, 1.807) is 37.3 Å². The third kappa shape index (κ3) is 4.58. The number of nitrogens with one attached hydrogen (secondary N) is 1. The maximum absolute atomic E-state index is 12.3. The van der Waals surface area contributed by atoms with E-state index in [1.807, 2.05) is 0 Å². The van der Waals surface area contributed by atoms with Crippen LogP contribution in [-0.4, -0.2) is 40.7 Å². The van der Waals surface area contributed by atoms with Gasteiger partial charge in [-0.2, -0.15) is 0 Å². The third-order valence-electron chi connectivity index (χ3n) is 3.74. The van der Waals surface area contributed by atoms with Gasteiger partial charge in [-0.25, -0.2) is 0 Å². The summed E-state index contributed by atoms with van der Waals surface area (Å²) in [6, 6.07) is 5.87. The number of aliphatic carboxylic acids is 2. The maximum atomic E-state index is 12.3. The lowest BCUT2D eigenvalue weighted by Crippen LogP contribution is -2.56. The van der Waals surface area contributed by atoms with Gasteiger partial charge in [-0.3, -0.25) is 9.79 Å². The molecule has 0 radical (unpaired) electrons. The van der Waals surface area contributed by atoms with Crippen molar-refractivity contribution in [1.29, 1.82) is 0 Å². The Morgan fingerprint density at radius 1 is 1.28 bits per heavy atom. The van der Waals surface area contributed by atoms with Crippen molar-refractivity contribution in [1.82, 2.24) is 5.32 Å². The number of hydrogen-bond acceptors (Lipinski definition) is 8. The Kier molecular flexibility index (Phi) is 6.16. The second-order valence-electron chi connectivity index (χ2n) is 5.62. The molecule has 1 aromatic rings. The van der Waals surface area contributed by atoms with E-state index in [4.69, 9.17) is 5.73 Å². The Morgan fingerprint density at radius 3 is 2.48 bits per heavy atom. The van der Waals surface area contributed by atoms with Crippen LogP contribution in [0.25, 0.3) is 0 Å². The molecule has 3 N–H and O–H groups in total. The minimum absolute atomic E-state index is 0.225. The Morgan fingerprint density at radius 2 is 1.92 bits per heavy atom. The molecule has 25 heavy (non-hydrogen) atoms. The van der Waals surface area contributed by atoms with Crippen LogP contribution >= 0.6 is 11.8 Å². The monoisotopic (exact) mass is 363 g/mol. The molecule has 0 saturated carbocycles. The lowest BCUT2D eigenvalue weighted by Gasteiger charge is -2.32. The van der Waals surface area contributed by atoms with Gasteiger partial charge >= 0.3 is 0 Å². The van der Waals surface area contributed by atoms with Crippen molar-refractivity contribution in [2.45, 2.75) is 24.4 Å². The molecular formula is C16H17N3O5S-2. The molecule has 0 bridgehead atoms. The van der Waals surface area contributed by atoms with Crippen LogP contribution in [0.4, 0.5) is 0 Å². The van der Waals surface area contributed by atoms with Gasteiger partial charge in [0, 0.05) is 11.7 Å². The fourth-order valence-electron chi connectivity index (χ4n) is 2.35. The maximum Gasteiger partial charge on any atom is 0.242 e. The number of nitrogens with two attached hydrogens (primary N) is 1. The predicted octanol–water partition coefficient (Wildman–Crippen LogP) is -2.18. The van der Waals surface area contributed by atoms with E-state index in [2.05, 4.69) is 10.3 Å². The van der Waals surface area contributed by atoms with Gasteiger partial charge in [0.1, 0.15) is 17.5 Å². The molecule has 1 aliphatic rings. The van der Waals surface area contributed by atoms with Gasteiger partial charge in [-0.1, -0.05) is 37.3 Å². The first-order chi connectivity index (χ1) is 11.8. The fraction of sp³-hybridized carbons (Fsp3) is 0.375. The molecule has 0 spiro atoms. The summed E-state index contributed by atoms with van der Waals surface area (Å²) < 4.78 is 0. The number of carbonyl (C=O) groups excluding carboxylic acids is 3. The predicted molar refractivity (Wildman–Crippen MR) is 88.2 cm³/mol. The molecule has 1 amide bonds. The van der Waals surface area contributed by atoms with E-state index >= 15 is 0 Å². The van der Waals surface area contributed by atoms with Crippen molar-refractivity contribution in [3.8, 4) is 0 Å². The van der Waals surface area contributed by atoms with Crippen molar-refractivity contribution in [2.24, 2.45) is 16.6 Å². The summed E-state index contributed by atoms with van der Waals surface area (Å²) >= 11 is 1.12. The van der Waals surface area contributed by atoms with Gasteiger partial charge in [0.2, 0.25) is 5.91 Å². The van der Waals surface area contributed by atoms with E-state index in [-0.39, 0.29) is 11.6 Å². The SMILES string of the molecule is C[C@@H]1CS[C@H]([C@H](NC(=O)C(N)c2ccccc2)C(=O)[O-])N=C1C(=O)[O-]. The zero-order valence-electron chi connectivity index (χ0n) is 13.4. The molecule has 0 aromatic heterocycles. The number of hydrogen-bond donors (Lipinski definition) is 2. The molecule has 0 aliphatic carbocycles. The van der Waals surface area contributed by atoms with Crippen LogP contribution in [-0.2, 0) is 14.4 Å². The summed E-state index contributed by atoms with van der Waals surface area (Å²) in [5.74, 6) is -3.79. The van der Waals surface area contributed by atoms with Crippen LogP contribution in [0.5, 0.6) is 0 Å². The van der Waals surface area contributed by atoms with Gasteiger partial charge in [-0.05, 0) is 5.56 Å². The summed E-state index contributed by atoms with van der Waals surface area (Å²) in [7, 11) is 0. The van der Waals surface area contributed by atoms with Gasteiger partial charge in [-0.15, -0.1) is 11.8 Å². The summed E-state index contributed by atoms with van der Waals surface area (Å²) in [6.07, 6.45) is 0. The highest BCUT2D eigenvalue weighted by Gasteiger charge is 2.31. The minimum atomic E-state index is -1.57. The molecule has 1 aliphatic heterocycles. The normalized spacial score (nSPS) is 22.4. The first kappa shape index (κ1) is 18.9. The molecule has 8 nitrogen and oxygen atoms in total. The molecule has 9 heteroatoms. The highest BCUT2D eigenvalue weighted by molar-refractivity contribution is 8.00. The van der Waals surface area contributed by atoms with E-state index in [1.165, 1.54) is 0 Å². The number of nitrogens with zero attached hydrogens (tertiary/aromatic N) is 1. The number of carbonyl (C=O) groups is 3. The topological polar surface area (TPSA) is 148 Å². The van der Waals surface area contributed by atoms with Crippen LogP contribution < -0.4 is 21.3 Å². The highest BCUT2D eigenvalue weighted by Crippen LogP contribution is 2.26. The van der Waals surface area contributed by atoms with Crippen molar-refractivity contribution in [3.63, 3.8) is 0 Å². The van der Waals surface area contributed by atoms with Crippen LogP contribution in [0.2, 0.25) is 0 Å². The van der Waals surface area contributed by atoms with Crippen molar-refractivity contribution in [3.05, 3.63) is 35.9 Å². The van der Waals surface area contributed by atoms with Crippen molar-refractivity contribution >= 4 is 35.3 Å². The summed E-state index contributed by atoms with van der Waals surface area (Å²) in [5.41, 5.74) is 6.13. The van der Waals surface area contributed by atoms with Crippen LogP contribution in [0, 0.1) is 5.92 Å². The first-order valence-corrected chi connectivity index (χ1v) is 8.58. The second-order valence-corrected chi connectivity index (χ2v) is 6.77. The van der Waals surface area contributed by atoms with E-state index in [0.29, 0.717) is 11.3 Å². The zero-order valence-corrected chi connectivity index (χ0v) is 14.2. The van der Waals surface area contributed by atoms with E-state index in [0.717, 1.165) is 11.8 Å². The largest absolute Gasteiger partial charge is 0.548 e. The molecule has 0 saturated heterocycles. The molecule has 0 fully saturated rings. The number of carboxylic acid groups (broad SMARTS) is 2. The van der Waals surface area contributed by atoms with E-state index < -0.39 is 35.3 Å². The van der Waals surface area contributed by atoms with Gasteiger partial charge in [0.15, 0.2) is 0 Å². The van der Waals surface area contributed by atoms with Gasteiger partial charge in [0.25, 0.3) is 0 Å². The zero-order chi connectivity index (χ0) is 18.6. The average molecular weight is 363 g/mol. The first-order valence-electron chi connectivity index (χ1n) is 7.53. The minimum Gasteiger partial charge on any atom is -0.548 e. The molecular weight excluding hydrogens is 346 g/mol. The Balaban J connectivity index is 2.17. The molecule has 1 heterocycles. The third-order valence-corrected chi connectivity index (χ3v) is 5.15. The van der Waals surface area contributed by atoms with Crippen LogP contribution in [0.15, 0.2) is 35.3 Å². The Labute approximate surface area is 148 Å². The number of amides is 1. The number of carboxylic acids is 2. The van der Waals surface area contributed by atoms with Crippen LogP contribution in [0.3, 0.4) is 0 Å². The molecule has 1 aromatic carbocycles. The van der Waals surface area contributed by atoms with Crippen molar-refractivity contribution in [2.75, 3.05) is 5.75 Å². The smallest absolute Gasteiger partial charge is 0.242 e. The lowest BCUT2D eigenvalue weighted by atomic mass is 10.1. The molecule has 2 rings (SSSR count). The second kappa shape index (κ2) is 8.13. The number of thioether (sulfide) groups is 1. The summed E-state index contributed by atoms with van der Waals surface area (Å²) in [5, 5.41) is 23.8. The van der Waals surface area contributed by atoms with Gasteiger partial charge < -0.3 is 30.9 Å². The Bertz CT molecular complexity index is 694. The molecule has 1 unspecified atom stereocenters. The quantitative estimate of drug-likeness (QED) is 0.584. The van der Waals surface area contributed by atoms with Crippen LogP contribution in [0.1, 0.15) is 18.5 Å². The Hall–Kier alpha value is -2.39. The molecule has 134 valence electrons. The van der Waals surface area contributed by atoms with E-state index in [9.17, 15) is 24.6 Å². The molecule has 4 atom stereocenters. The standard InChI is InChI=1S/C16H19N3O5S/c1-8-7-25-14(19-11(8)15(21)22)12(16(23)24)18-13(20)10(17)9-5-3-2-4-6-9/h2-6,8,10,12,14H,7,17H2,1H3,(H,18,20)(H,21,22)(H,23,24)/p-2/t8-,10?,12+,14-/m1/s1. The van der Waals surface area contributed by atoms with Crippen molar-refractivity contribution < 1.29 is 24.6 Å². The lowest BCUT2D eigenvalue weighted by molar-refractivity contribution is -0.308. The fourth-order valence-corrected chi connectivity index (χ4v) is 3.55. The number of rotatable bonds is 6.